The summed E-state index contributed by atoms with van der Waals surface area (Å²) in [6, 6.07) is 13.3. The van der Waals surface area contributed by atoms with Gasteiger partial charge in [0.1, 0.15) is 12.4 Å². The third-order valence-corrected chi connectivity index (χ3v) is 3.62. The van der Waals surface area contributed by atoms with Gasteiger partial charge in [0.25, 0.3) is 0 Å². The van der Waals surface area contributed by atoms with Gasteiger partial charge in [0, 0.05) is 5.69 Å². The normalized spacial score (nSPS) is 10.1. The van der Waals surface area contributed by atoms with Crippen molar-refractivity contribution >= 4 is 27.6 Å². The molecular formula is C17H19BrN2O2. The van der Waals surface area contributed by atoms with Crippen LogP contribution in [0.15, 0.2) is 46.9 Å². The zero-order valence-electron chi connectivity index (χ0n) is 12.7. The van der Waals surface area contributed by atoms with E-state index in [0.29, 0.717) is 13.2 Å². The van der Waals surface area contributed by atoms with Crippen LogP contribution in [0.25, 0.3) is 0 Å². The summed E-state index contributed by atoms with van der Waals surface area (Å²) in [5, 5.41) is 5.59. The number of hydrogen-bond acceptors (Lipinski definition) is 2. The lowest BCUT2D eigenvalue weighted by atomic mass is 10.1. The van der Waals surface area contributed by atoms with Crippen molar-refractivity contribution in [2.75, 3.05) is 18.5 Å². The maximum absolute atomic E-state index is 11.8. The molecule has 0 aromatic heterocycles. The van der Waals surface area contributed by atoms with Gasteiger partial charge < -0.3 is 15.4 Å². The minimum Gasteiger partial charge on any atom is -0.491 e. The van der Waals surface area contributed by atoms with Crippen molar-refractivity contribution in [2.24, 2.45) is 0 Å². The van der Waals surface area contributed by atoms with Crippen molar-refractivity contribution in [3.05, 3.63) is 58.1 Å². The number of nitrogens with one attached hydrogen (secondary N) is 2. The Bertz CT molecular complexity index is 639. The highest BCUT2D eigenvalue weighted by Crippen LogP contribution is 2.23. The van der Waals surface area contributed by atoms with Crippen molar-refractivity contribution in [3.63, 3.8) is 0 Å². The van der Waals surface area contributed by atoms with Crippen LogP contribution < -0.4 is 15.4 Å². The van der Waals surface area contributed by atoms with Crippen molar-refractivity contribution in [1.29, 1.82) is 0 Å². The van der Waals surface area contributed by atoms with Crippen LogP contribution in [-0.2, 0) is 0 Å². The molecule has 0 saturated carbocycles. The molecule has 0 aliphatic rings. The number of amides is 2. The molecule has 0 atom stereocenters. The zero-order valence-corrected chi connectivity index (χ0v) is 14.2. The molecule has 22 heavy (non-hydrogen) atoms. The van der Waals surface area contributed by atoms with Gasteiger partial charge in [-0.1, -0.05) is 18.2 Å². The van der Waals surface area contributed by atoms with E-state index in [-0.39, 0.29) is 6.03 Å². The van der Waals surface area contributed by atoms with Crippen LogP contribution in [0.4, 0.5) is 10.5 Å². The second kappa shape index (κ2) is 7.84. The first-order chi connectivity index (χ1) is 10.5. The fraction of sp³-hybridized carbons (Fsp3) is 0.235. The maximum Gasteiger partial charge on any atom is 0.319 e. The lowest BCUT2D eigenvalue weighted by Crippen LogP contribution is -2.32. The van der Waals surface area contributed by atoms with Crippen LogP contribution >= 0.6 is 15.9 Å². The molecule has 0 radical (unpaired) electrons. The monoisotopic (exact) mass is 362 g/mol. The minimum absolute atomic E-state index is 0.235. The molecule has 0 aliphatic carbocycles. The number of rotatable bonds is 5. The molecule has 2 rings (SSSR count). The Hall–Kier alpha value is -2.01. The fourth-order valence-electron chi connectivity index (χ4n) is 2.11. The van der Waals surface area contributed by atoms with Crippen LogP contribution in [0.1, 0.15) is 11.1 Å². The first-order valence-electron chi connectivity index (χ1n) is 7.05. The number of carbonyl (C=O) groups excluding carboxylic acids is 1. The summed E-state index contributed by atoms with van der Waals surface area (Å²) in [5.74, 6) is 0.763. The van der Waals surface area contributed by atoms with Gasteiger partial charge in [0.2, 0.25) is 0 Å². The Morgan fingerprint density at radius 3 is 2.50 bits per heavy atom. The molecule has 0 heterocycles. The molecule has 0 spiro atoms. The number of urea groups is 1. The molecule has 0 unspecified atom stereocenters. The molecule has 0 bridgehead atoms. The van der Waals surface area contributed by atoms with E-state index in [0.717, 1.165) is 27.0 Å². The highest BCUT2D eigenvalue weighted by molar-refractivity contribution is 9.10. The molecule has 116 valence electrons. The average Bonchev–Trinajstić information content (AvgIpc) is 2.44. The molecule has 2 N–H and O–H groups in total. The number of benzene rings is 2. The summed E-state index contributed by atoms with van der Waals surface area (Å²) >= 11 is 3.41. The summed E-state index contributed by atoms with van der Waals surface area (Å²) < 4.78 is 6.48. The van der Waals surface area contributed by atoms with E-state index in [4.69, 9.17) is 4.74 Å². The van der Waals surface area contributed by atoms with Gasteiger partial charge in [-0.2, -0.15) is 0 Å². The molecule has 0 saturated heterocycles. The number of para-hydroxylation sites is 1. The van der Waals surface area contributed by atoms with E-state index in [1.807, 2.05) is 50.2 Å². The number of anilines is 1. The van der Waals surface area contributed by atoms with Crippen LogP contribution in [0.5, 0.6) is 5.75 Å². The second-order valence-corrected chi connectivity index (χ2v) is 5.89. The molecule has 0 aliphatic heterocycles. The quantitative estimate of drug-likeness (QED) is 0.780. The zero-order chi connectivity index (χ0) is 15.9. The predicted molar refractivity (Wildman–Crippen MR) is 92.6 cm³/mol. The molecule has 2 amide bonds. The van der Waals surface area contributed by atoms with Gasteiger partial charge in [-0.05, 0) is 65.2 Å². The Labute approximate surface area is 139 Å². The van der Waals surface area contributed by atoms with Crippen molar-refractivity contribution in [2.45, 2.75) is 13.8 Å². The lowest BCUT2D eigenvalue weighted by molar-refractivity contribution is 0.247. The second-order valence-electron chi connectivity index (χ2n) is 5.04. The van der Waals surface area contributed by atoms with Gasteiger partial charge in [0.05, 0.1) is 11.0 Å². The highest BCUT2D eigenvalue weighted by Gasteiger charge is 2.03. The Morgan fingerprint density at radius 1 is 1.14 bits per heavy atom. The SMILES string of the molecule is Cc1cc(C)cc(NC(=O)NCCOc2ccccc2Br)c1. The summed E-state index contributed by atoms with van der Waals surface area (Å²) in [5.41, 5.74) is 3.03. The standard InChI is InChI=1S/C17H19BrN2O2/c1-12-9-13(2)11-14(10-12)20-17(21)19-7-8-22-16-6-4-3-5-15(16)18/h3-6,9-11H,7-8H2,1-2H3,(H2,19,20,21). The smallest absolute Gasteiger partial charge is 0.319 e. The van der Waals surface area contributed by atoms with Crippen molar-refractivity contribution in [1.82, 2.24) is 5.32 Å². The summed E-state index contributed by atoms with van der Waals surface area (Å²) in [6.45, 7) is 4.84. The van der Waals surface area contributed by atoms with Gasteiger partial charge in [0.15, 0.2) is 0 Å². The molecule has 4 nitrogen and oxygen atoms in total. The lowest BCUT2D eigenvalue weighted by Gasteiger charge is -2.11. The van der Waals surface area contributed by atoms with E-state index < -0.39 is 0 Å². The van der Waals surface area contributed by atoms with E-state index in [1.165, 1.54) is 0 Å². The van der Waals surface area contributed by atoms with Gasteiger partial charge in [-0.3, -0.25) is 0 Å². The minimum atomic E-state index is -0.235. The summed E-state index contributed by atoms with van der Waals surface area (Å²) in [6.07, 6.45) is 0. The van der Waals surface area contributed by atoms with Crippen molar-refractivity contribution in [3.8, 4) is 5.75 Å². The van der Waals surface area contributed by atoms with E-state index in [1.54, 1.807) is 0 Å². The molecular weight excluding hydrogens is 344 g/mol. The number of aryl methyl sites for hydroxylation is 2. The largest absolute Gasteiger partial charge is 0.491 e. The fourth-order valence-corrected chi connectivity index (χ4v) is 2.51. The first-order valence-corrected chi connectivity index (χ1v) is 7.84. The number of hydrogen-bond donors (Lipinski definition) is 2. The number of ether oxygens (including phenoxy) is 1. The number of halogens is 1. The van der Waals surface area contributed by atoms with E-state index >= 15 is 0 Å². The molecule has 5 heteroatoms. The van der Waals surface area contributed by atoms with Gasteiger partial charge in [-0.15, -0.1) is 0 Å². The highest BCUT2D eigenvalue weighted by atomic mass is 79.9. The maximum atomic E-state index is 11.8. The topological polar surface area (TPSA) is 50.4 Å². The molecule has 2 aromatic carbocycles. The van der Waals surface area contributed by atoms with Crippen LogP contribution in [-0.4, -0.2) is 19.2 Å². The Morgan fingerprint density at radius 2 is 1.82 bits per heavy atom. The molecule has 0 fully saturated rings. The van der Waals surface area contributed by atoms with Crippen LogP contribution in [0.3, 0.4) is 0 Å². The third-order valence-electron chi connectivity index (χ3n) is 2.96. The summed E-state index contributed by atoms with van der Waals surface area (Å²) in [7, 11) is 0. The van der Waals surface area contributed by atoms with Gasteiger partial charge >= 0.3 is 6.03 Å². The Kier molecular flexibility index (Phi) is 5.83. The first kappa shape index (κ1) is 16.4. The third kappa shape index (κ3) is 5.07. The Balaban J connectivity index is 1.75. The van der Waals surface area contributed by atoms with Crippen LogP contribution in [0.2, 0.25) is 0 Å². The van der Waals surface area contributed by atoms with E-state index in [9.17, 15) is 4.79 Å². The number of carbonyl (C=O) groups is 1. The van der Waals surface area contributed by atoms with E-state index in [2.05, 4.69) is 32.6 Å². The summed E-state index contributed by atoms with van der Waals surface area (Å²) in [4.78, 5) is 11.8. The average molecular weight is 363 g/mol. The van der Waals surface area contributed by atoms with Crippen molar-refractivity contribution < 1.29 is 9.53 Å². The van der Waals surface area contributed by atoms with Gasteiger partial charge in [-0.25, -0.2) is 4.79 Å². The molecule has 2 aromatic rings. The van der Waals surface area contributed by atoms with Crippen LogP contribution in [0, 0.1) is 13.8 Å². The predicted octanol–water partition coefficient (Wildman–Crippen LogP) is 4.27.